The molecule has 3 aromatic rings. The number of carbonyl (C=O) groups excluding carboxylic acids is 2. The lowest BCUT2D eigenvalue weighted by atomic mass is 10.1. The zero-order chi connectivity index (χ0) is 24.9. The summed E-state index contributed by atoms with van der Waals surface area (Å²) in [5.41, 5.74) is 2.56. The summed E-state index contributed by atoms with van der Waals surface area (Å²) in [6.45, 7) is 0.181. The number of alkyl halides is 2. The van der Waals surface area contributed by atoms with Gasteiger partial charge in [-0.15, -0.1) is 0 Å². The van der Waals surface area contributed by atoms with Crippen molar-refractivity contribution in [1.82, 2.24) is 4.90 Å². The number of carbonyl (C=O) groups is 2. The molecule has 0 saturated carbocycles. The molecule has 0 aliphatic carbocycles. The average Bonchev–Trinajstić information content (AvgIpc) is 2.89. The standard InChI is InChI=1S/C26H25I2NO6/c27-18-34-23-10-6-21(7-11-23)16-32-25(30)29(15-14-20-4-2-1-3-5-20)26(31)33-17-22-8-12-24(13-9-22)35-19-28/h1-13H,14-19H2. The molecule has 0 aliphatic heterocycles. The van der Waals surface area contributed by atoms with Crippen molar-refractivity contribution in [1.29, 1.82) is 0 Å². The first-order chi connectivity index (χ1) is 17.1. The van der Waals surface area contributed by atoms with E-state index < -0.39 is 12.2 Å². The Hall–Kier alpha value is -2.54. The molecular weight excluding hydrogens is 676 g/mol. The van der Waals surface area contributed by atoms with Gasteiger partial charge in [-0.3, -0.25) is 0 Å². The number of ether oxygens (including phenoxy) is 4. The van der Waals surface area contributed by atoms with Crippen LogP contribution in [0.3, 0.4) is 0 Å². The van der Waals surface area contributed by atoms with Gasteiger partial charge in [0.25, 0.3) is 0 Å². The summed E-state index contributed by atoms with van der Waals surface area (Å²) < 4.78 is 22.8. The number of amides is 2. The van der Waals surface area contributed by atoms with Crippen molar-refractivity contribution in [2.45, 2.75) is 19.6 Å². The van der Waals surface area contributed by atoms with Crippen LogP contribution in [0.25, 0.3) is 0 Å². The second kappa shape index (κ2) is 14.8. The van der Waals surface area contributed by atoms with Gasteiger partial charge in [0.1, 0.15) is 33.9 Å². The third-order valence-electron chi connectivity index (χ3n) is 4.92. The fraction of sp³-hybridized carbons (Fsp3) is 0.231. The lowest BCUT2D eigenvalue weighted by Gasteiger charge is -2.20. The minimum Gasteiger partial charge on any atom is -0.483 e. The minimum absolute atomic E-state index is 0.0245. The molecule has 2 amide bonds. The second-order valence-corrected chi connectivity index (χ2v) is 8.54. The van der Waals surface area contributed by atoms with E-state index in [0.717, 1.165) is 33.1 Å². The van der Waals surface area contributed by atoms with Crippen LogP contribution >= 0.6 is 45.2 Å². The summed E-state index contributed by atoms with van der Waals surface area (Å²) >= 11 is 4.24. The molecule has 0 unspecified atom stereocenters. The molecule has 0 aliphatic rings. The predicted molar refractivity (Wildman–Crippen MR) is 149 cm³/mol. The molecule has 7 nitrogen and oxygen atoms in total. The van der Waals surface area contributed by atoms with E-state index in [4.69, 9.17) is 18.9 Å². The molecule has 3 aromatic carbocycles. The minimum atomic E-state index is -0.760. The molecule has 3 rings (SSSR count). The SMILES string of the molecule is O=C(OCc1ccc(OCI)cc1)N(CCc1ccccc1)C(=O)OCc1ccc(OCI)cc1. The Kier molecular flexibility index (Phi) is 11.4. The third-order valence-corrected chi connectivity index (χ3v) is 5.54. The van der Waals surface area contributed by atoms with E-state index in [-0.39, 0.29) is 19.8 Å². The number of benzene rings is 3. The molecule has 9 heteroatoms. The van der Waals surface area contributed by atoms with Crippen molar-refractivity contribution in [2.75, 3.05) is 15.8 Å². The zero-order valence-electron chi connectivity index (χ0n) is 18.9. The molecule has 0 spiro atoms. The molecule has 0 atom stereocenters. The molecule has 0 bridgehead atoms. The molecule has 0 heterocycles. The smallest absolute Gasteiger partial charge is 0.419 e. The maximum atomic E-state index is 12.8. The van der Waals surface area contributed by atoms with Gasteiger partial charge in [-0.05, 0) is 92.6 Å². The van der Waals surface area contributed by atoms with Crippen LogP contribution in [0.1, 0.15) is 16.7 Å². The number of hydrogen-bond donors (Lipinski definition) is 0. The maximum Gasteiger partial charge on any atom is 0.419 e. The number of nitrogens with zero attached hydrogens (tertiary/aromatic N) is 1. The number of hydrogen-bond acceptors (Lipinski definition) is 6. The van der Waals surface area contributed by atoms with Crippen LogP contribution in [-0.4, -0.2) is 32.9 Å². The Morgan fingerprint density at radius 3 is 1.51 bits per heavy atom. The zero-order valence-corrected chi connectivity index (χ0v) is 23.2. The van der Waals surface area contributed by atoms with E-state index in [1.165, 1.54) is 0 Å². The summed E-state index contributed by atoms with van der Waals surface area (Å²) in [7, 11) is 0. The molecule has 0 aromatic heterocycles. The van der Waals surface area contributed by atoms with Gasteiger partial charge >= 0.3 is 12.2 Å². The van der Waals surface area contributed by atoms with Gasteiger partial charge in [0.05, 0.1) is 0 Å². The van der Waals surface area contributed by atoms with Crippen molar-refractivity contribution in [3.8, 4) is 11.5 Å². The normalized spacial score (nSPS) is 10.3. The van der Waals surface area contributed by atoms with Crippen molar-refractivity contribution in [3.63, 3.8) is 0 Å². The molecule has 0 radical (unpaired) electrons. The highest BCUT2D eigenvalue weighted by Gasteiger charge is 2.24. The molecule has 0 fully saturated rings. The van der Waals surface area contributed by atoms with Crippen LogP contribution in [0.2, 0.25) is 0 Å². The Morgan fingerprint density at radius 1 is 0.629 bits per heavy atom. The quantitative estimate of drug-likeness (QED) is 0.163. The van der Waals surface area contributed by atoms with E-state index in [0.29, 0.717) is 15.6 Å². The van der Waals surface area contributed by atoms with Gasteiger partial charge in [0, 0.05) is 6.54 Å². The summed E-state index contributed by atoms with van der Waals surface area (Å²) in [4.78, 5) is 26.7. The Balaban J connectivity index is 1.61. The first-order valence-electron chi connectivity index (χ1n) is 10.8. The van der Waals surface area contributed by atoms with Crippen LogP contribution in [0, 0.1) is 0 Å². The summed E-state index contributed by atoms with van der Waals surface area (Å²) in [6.07, 6.45) is -1.04. The molecular formula is C26H25I2NO6. The second-order valence-electron chi connectivity index (χ2n) is 7.29. The summed E-state index contributed by atoms with van der Waals surface area (Å²) in [5, 5.41) is 0. The predicted octanol–water partition coefficient (Wildman–Crippen LogP) is 6.75. The van der Waals surface area contributed by atoms with Gasteiger partial charge in [-0.1, -0.05) is 54.6 Å². The summed E-state index contributed by atoms with van der Waals surface area (Å²) in [6, 6.07) is 24.1. The lowest BCUT2D eigenvalue weighted by molar-refractivity contribution is 0.0702. The van der Waals surface area contributed by atoms with Crippen LogP contribution in [0.15, 0.2) is 78.9 Å². The third kappa shape index (κ3) is 9.21. The van der Waals surface area contributed by atoms with Crippen LogP contribution in [0.4, 0.5) is 9.59 Å². The van der Waals surface area contributed by atoms with Crippen molar-refractivity contribution in [2.24, 2.45) is 0 Å². The first-order valence-corrected chi connectivity index (χ1v) is 13.8. The summed E-state index contributed by atoms with van der Waals surface area (Å²) in [5.74, 6) is 1.47. The van der Waals surface area contributed by atoms with Crippen LogP contribution in [0.5, 0.6) is 11.5 Å². The number of imide groups is 1. The average molecular weight is 701 g/mol. The van der Waals surface area contributed by atoms with E-state index >= 15 is 0 Å². The van der Waals surface area contributed by atoms with Gasteiger partial charge < -0.3 is 18.9 Å². The van der Waals surface area contributed by atoms with E-state index in [9.17, 15) is 9.59 Å². The van der Waals surface area contributed by atoms with Gasteiger partial charge in [-0.2, -0.15) is 0 Å². The monoisotopic (exact) mass is 701 g/mol. The van der Waals surface area contributed by atoms with Gasteiger partial charge in [-0.25, -0.2) is 14.5 Å². The fourth-order valence-corrected chi connectivity index (χ4v) is 3.80. The molecule has 0 saturated heterocycles. The molecule has 0 N–H and O–H groups in total. The lowest BCUT2D eigenvalue weighted by Crippen LogP contribution is -2.39. The van der Waals surface area contributed by atoms with Crippen molar-refractivity contribution in [3.05, 3.63) is 95.6 Å². The van der Waals surface area contributed by atoms with E-state index in [1.54, 1.807) is 24.3 Å². The van der Waals surface area contributed by atoms with E-state index in [2.05, 4.69) is 45.2 Å². The first kappa shape index (κ1) is 27.1. The topological polar surface area (TPSA) is 74.3 Å². The van der Waals surface area contributed by atoms with Crippen molar-refractivity contribution >= 4 is 57.4 Å². The largest absolute Gasteiger partial charge is 0.483 e. The van der Waals surface area contributed by atoms with Crippen LogP contribution in [-0.2, 0) is 29.1 Å². The Bertz CT molecular complexity index is 996. The Morgan fingerprint density at radius 2 is 1.09 bits per heavy atom. The fourth-order valence-electron chi connectivity index (χ4n) is 3.08. The number of rotatable bonds is 11. The van der Waals surface area contributed by atoms with Crippen LogP contribution < -0.4 is 9.47 Å². The van der Waals surface area contributed by atoms with E-state index in [1.807, 2.05) is 54.6 Å². The highest BCUT2D eigenvalue weighted by molar-refractivity contribution is 14.1. The van der Waals surface area contributed by atoms with Gasteiger partial charge in [0.15, 0.2) is 0 Å². The highest BCUT2D eigenvalue weighted by atomic mass is 127. The van der Waals surface area contributed by atoms with Crippen molar-refractivity contribution < 1.29 is 28.5 Å². The Labute approximate surface area is 232 Å². The highest BCUT2D eigenvalue weighted by Crippen LogP contribution is 2.16. The molecule has 184 valence electrons. The van der Waals surface area contributed by atoms with Gasteiger partial charge in [0.2, 0.25) is 0 Å². The maximum absolute atomic E-state index is 12.8. The number of halogens is 2. The molecule has 35 heavy (non-hydrogen) atoms.